The van der Waals surface area contributed by atoms with Gasteiger partial charge in [0.2, 0.25) is 0 Å². The van der Waals surface area contributed by atoms with Crippen LogP contribution in [0, 0.1) is 5.92 Å². The highest BCUT2D eigenvalue weighted by Gasteiger charge is 2.34. The van der Waals surface area contributed by atoms with Crippen LogP contribution in [0.3, 0.4) is 0 Å². The number of nitrogens with one attached hydrogen (secondary N) is 1. The summed E-state index contributed by atoms with van der Waals surface area (Å²) in [6, 6.07) is 14.4. The van der Waals surface area contributed by atoms with E-state index in [4.69, 9.17) is 14.3 Å². The molecule has 6 heteroatoms. The van der Waals surface area contributed by atoms with Gasteiger partial charge >= 0.3 is 0 Å². The van der Waals surface area contributed by atoms with Gasteiger partial charge in [0.05, 0.1) is 6.61 Å². The van der Waals surface area contributed by atoms with Crippen molar-refractivity contribution in [1.82, 2.24) is 5.32 Å². The van der Waals surface area contributed by atoms with Gasteiger partial charge in [-0.25, -0.2) is 0 Å². The summed E-state index contributed by atoms with van der Waals surface area (Å²) in [5.74, 6) is 0.217. The molecule has 6 nitrogen and oxygen atoms in total. The molecule has 0 aliphatic carbocycles. The first kappa shape index (κ1) is 17.9. The Hall–Kier alpha value is -2.44. The standard InChI is InChI=1S/C21H24N2O4/c1-25-20(17-7-6-15-4-2-3-5-16(15)10-17)19-11-18(23-27-19)21(24)22-12-14-8-9-26-13-14/h2-7,10,14,19-20H,8-9,11-13H2,1H3,(H,22,24). The molecule has 27 heavy (non-hydrogen) atoms. The summed E-state index contributed by atoms with van der Waals surface area (Å²) < 4.78 is 11.0. The fourth-order valence-electron chi connectivity index (χ4n) is 3.66. The van der Waals surface area contributed by atoms with Gasteiger partial charge in [0.25, 0.3) is 5.91 Å². The molecule has 2 aromatic carbocycles. The molecule has 3 atom stereocenters. The van der Waals surface area contributed by atoms with Crippen molar-refractivity contribution < 1.29 is 19.1 Å². The monoisotopic (exact) mass is 368 g/mol. The minimum absolute atomic E-state index is 0.169. The summed E-state index contributed by atoms with van der Waals surface area (Å²) >= 11 is 0. The largest absolute Gasteiger partial charge is 0.389 e. The molecule has 0 saturated carbocycles. The first-order valence-electron chi connectivity index (χ1n) is 9.34. The van der Waals surface area contributed by atoms with Crippen molar-refractivity contribution in [2.24, 2.45) is 11.1 Å². The molecule has 3 unspecified atom stereocenters. The van der Waals surface area contributed by atoms with E-state index in [1.165, 1.54) is 5.39 Å². The average molecular weight is 368 g/mol. The van der Waals surface area contributed by atoms with Gasteiger partial charge in [-0.15, -0.1) is 0 Å². The predicted molar refractivity (Wildman–Crippen MR) is 103 cm³/mol. The maximum Gasteiger partial charge on any atom is 0.269 e. The van der Waals surface area contributed by atoms with E-state index in [0.29, 0.717) is 31.2 Å². The van der Waals surface area contributed by atoms with Crippen molar-refractivity contribution in [3.63, 3.8) is 0 Å². The third-order valence-electron chi connectivity index (χ3n) is 5.22. The van der Waals surface area contributed by atoms with Crippen LogP contribution < -0.4 is 5.32 Å². The molecule has 2 aromatic rings. The lowest BCUT2D eigenvalue weighted by molar-refractivity contribution is -0.115. The molecule has 2 aliphatic rings. The number of carbonyl (C=O) groups excluding carboxylic acids is 1. The zero-order chi connectivity index (χ0) is 18.6. The second-order valence-corrected chi connectivity index (χ2v) is 7.09. The number of oxime groups is 1. The number of ether oxygens (including phenoxy) is 2. The minimum Gasteiger partial charge on any atom is -0.389 e. The number of hydrogen-bond acceptors (Lipinski definition) is 5. The zero-order valence-corrected chi connectivity index (χ0v) is 15.4. The van der Waals surface area contributed by atoms with Gasteiger partial charge in [0, 0.05) is 32.6 Å². The molecule has 142 valence electrons. The lowest BCUT2D eigenvalue weighted by atomic mass is 9.97. The van der Waals surface area contributed by atoms with E-state index in [1.807, 2.05) is 18.2 Å². The summed E-state index contributed by atoms with van der Waals surface area (Å²) in [4.78, 5) is 17.9. The van der Waals surface area contributed by atoms with Crippen molar-refractivity contribution in [2.45, 2.75) is 25.0 Å². The van der Waals surface area contributed by atoms with Crippen LogP contribution in [-0.2, 0) is 19.1 Å². The van der Waals surface area contributed by atoms with E-state index in [9.17, 15) is 4.79 Å². The van der Waals surface area contributed by atoms with Gasteiger partial charge in [0.15, 0.2) is 6.10 Å². The van der Waals surface area contributed by atoms with Crippen LogP contribution in [0.2, 0.25) is 0 Å². The lowest BCUT2D eigenvalue weighted by Gasteiger charge is -2.21. The highest BCUT2D eigenvalue weighted by Crippen LogP contribution is 2.30. The van der Waals surface area contributed by atoms with Gasteiger partial charge < -0.3 is 19.6 Å². The second-order valence-electron chi connectivity index (χ2n) is 7.09. The Balaban J connectivity index is 1.39. The third-order valence-corrected chi connectivity index (χ3v) is 5.22. The number of carbonyl (C=O) groups is 1. The van der Waals surface area contributed by atoms with E-state index in [0.717, 1.165) is 24.0 Å². The second kappa shape index (κ2) is 8.06. The Kier molecular flexibility index (Phi) is 5.36. The van der Waals surface area contributed by atoms with Crippen LogP contribution in [0.1, 0.15) is 24.5 Å². The van der Waals surface area contributed by atoms with Crippen LogP contribution in [-0.4, -0.2) is 44.6 Å². The topological polar surface area (TPSA) is 69.2 Å². The third kappa shape index (κ3) is 3.96. The van der Waals surface area contributed by atoms with E-state index in [1.54, 1.807) is 7.11 Å². The Bertz CT molecular complexity index is 845. The summed E-state index contributed by atoms with van der Waals surface area (Å²) in [5.41, 5.74) is 1.43. The SMILES string of the molecule is COC(c1ccc2ccccc2c1)C1CC(C(=O)NCC2CCOC2)=NO1. The van der Waals surface area contributed by atoms with Gasteiger partial charge in [-0.2, -0.15) is 0 Å². The number of rotatable bonds is 6. The molecule has 4 rings (SSSR count). The first-order valence-corrected chi connectivity index (χ1v) is 9.34. The molecule has 2 heterocycles. The van der Waals surface area contributed by atoms with Gasteiger partial charge in [-0.1, -0.05) is 41.6 Å². The molecule has 0 spiro atoms. The molecule has 0 aromatic heterocycles. The summed E-state index contributed by atoms with van der Waals surface area (Å²) in [6.07, 6.45) is 0.816. The maximum atomic E-state index is 12.4. The van der Waals surface area contributed by atoms with E-state index in [2.05, 4.69) is 34.7 Å². The quantitative estimate of drug-likeness (QED) is 0.851. The molecule has 0 radical (unpaired) electrons. The summed E-state index contributed by atoms with van der Waals surface area (Å²) in [5, 5.41) is 9.27. The Morgan fingerprint density at radius 1 is 1.30 bits per heavy atom. The molecular formula is C21H24N2O4. The van der Waals surface area contributed by atoms with E-state index >= 15 is 0 Å². The molecule has 1 saturated heterocycles. The normalized spacial score (nSPS) is 23.1. The Morgan fingerprint density at radius 3 is 2.93 bits per heavy atom. The predicted octanol–water partition coefficient (Wildman–Crippen LogP) is 2.82. The number of nitrogens with zero attached hydrogens (tertiary/aromatic N) is 1. The molecule has 2 aliphatic heterocycles. The first-order chi connectivity index (χ1) is 13.2. The van der Waals surface area contributed by atoms with Crippen LogP contribution >= 0.6 is 0 Å². The summed E-state index contributed by atoms with van der Waals surface area (Å²) in [7, 11) is 1.65. The number of amides is 1. The van der Waals surface area contributed by atoms with Crippen molar-refractivity contribution in [1.29, 1.82) is 0 Å². The highest BCUT2D eigenvalue weighted by molar-refractivity contribution is 6.39. The van der Waals surface area contributed by atoms with E-state index < -0.39 is 0 Å². The van der Waals surface area contributed by atoms with Gasteiger partial charge in [-0.05, 0) is 28.8 Å². The van der Waals surface area contributed by atoms with Crippen molar-refractivity contribution in [3.05, 3.63) is 48.0 Å². The minimum atomic E-state index is -0.313. The van der Waals surface area contributed by atoms with Crippen molar-refractivity contribution in [3.8, 4) is 0 Å². The molecule has 1 amide bonds. The molecule has 0 bridgehead atoms. The Labute approximate surface area is 158 Å². The maximum absolute atomic E-state index is 12.4. The van der Waals surface area contributed by atoms with Crippen LogP contribution in [0.15, 0.2) is 47.6 Å². The van der Waals surface area contributed by atoms with Crippen LogP contribution in [0.4, 0.5) is 0 Å². The number of fused-ring (bicyclic) bond motifs is 1. The lowest BCUT2D eigenvalue weighted by Crippen LogP contribution is -2.35. The number of methoxy groups -OCH3 is 1. The summed E-state index contributed by atoms with van der Waals surface area (Å²) in [6.45, 7) is 2.09. The smallest absolute Gasteiger partial charge is 0.269 e. The fraction of sp³-hybridized carbons (Fsp3) is 0.429. The Morgan fingerprint density at radius 2 is 2.15 bits per heavy atom. The van der Waals surface area contributed by atoms with Crippen molar-refractivity contribution >= 4 is 22.4 Å². The molecule has 1 fully saturated rings. The molecular weight excluding hydrogens is 344 g/mol. The van der Waals surface area contributed by atoms with Crippen LogP contribution in [0.5, 0.6) is 0 Å². The van der Waals surface area contributed by atoms with Crippen molar-refractivity contribution in [2.75, 3.05) is 26.9 Å². The number of benzene rings is 2. The van der Waals surface area contributed by atoms with Gasteiger partial charge in [0.1, 0.15) is 11.8 Å². The highest BCUT2D eigenvalue weighted by atomic mass is 16.7. The average Bonchev–Trinajstić information content (AvgIpc) is 3.39. The number of hydrogen-bond donors (Lipinski definition) is 1. The molecule has 1 N–H and O–H groups in total. The van der Waals surface area contributed by atoms with Gasteiger partial charge in [-0.3, -0.25) is 4.79 Å². The van der Waals surface area contributed by atoms with E-state index in [-0.39, 0.29) is 18.1 Å². The zero-order valence-electron chi connectivity index (χ0n) is 15.4. The fourth-order valence-corrected chi connectivity index (χ4v) is 3.66. The van der Waals surface area contributed by atoms with Crippen LogP contribution in [0.25, 0.3) is 10.8 Å².